The van der Waals surface area contributed by atoms with Gasteiger partial charge in [-0.25, -0.2) is 14.6 Å². The van der Waals surface area contributed by atoms with Gasteiger partial charge in [0.2, 0.25) is 0 Å². The molecule has 0 aliphatic heterocycles. The van der Waals surface area contributed by atoms with Gasteiger partial charge in [-0.05, 0) is 12.5 Å². The van der Waals surface area contributed by atoms with Gasteiger partial charge in [0.1, 0.15) is 11.5 Å². The molecule has 0 fully saturated rings. The number of anilines is 1. The number of nitrogens with two attached hydrogens (primary N) is 1. The molecular formula is C13H15N7O. The predicted molar refractivity (Wildman–Crippen MR) is 77.4 cm³/mol. The molecule has 3 heterocycles. The van der Waals surface area contributed by atoms with Crippen molar-refractivity contribution in [2.75, 3.05) is 11.9 Å². The van der Waals surface area contributed by atoms with Gasteiger partial charge in [-0.3, -0.25) is 4.79 Å². The molecule has 0 aliphatic carbocycles. The third-order valence-corrected chi connectivity index (χ3v) is 2.97. The highest BCUT2D eigenvalue weighted by Crippen LogP contribution is 2.15. The minimum Gasteiger partial charge on any atom is -0.369 e. The number of nitrogens with zero attached hydrogens (tertiary/aromatic N) is 5. The monoisotopic (exact) mass is 285 g/mol. The topological polar surface area (TPSA) is 103 Å². The Balaban J connectivity index is 2.10. The first-order valence-electron chi connectivity index (χ1n) is 6.62. The number of hydrogen-bond donors (Lipinski definition) is 2. The maximum atomic E-state index is 11.2. The highest BCUT2D eigenvalue weighted by Gasteiger charge is 2.12. The van der Waals surface area contributed by atoms with Crippen molar-refractivity contribution in [2.24, 2.45) is 5.73 Å². The Kier molecular flexibility index (Phi) is 3.27. The number of imidazole rings is 1. The van der Waals surface area contributed by atoms with Crippen LogP contribution in [0.3, 0.4) is 0 Å². The SMILES string of the molecule is CCCNc1cn2ccnc2c(-n2ccc(C(N)=O)n2)n1. The molecule has 0 radical (unpaired) electrons. The molecule has 0 atom stereocenters. The van der Waals surface area contributed by atoms with Gasteiger partial charge in [-0.2, -0.15) is 5.10 Å². The number of carbonyl (C=O) groups excluding carboxylic acids is 1. The Hall–Kier alpha value is -2.90. The quantitative estimate of drug-likeness (QED) is 0.723. The van der Waals surface area contributed by atoms with Crippen molar-refractivity contribution in [1.29, 1.82) is 0 Å². The summed E-state index contributed by atoms with van der Waals surface area (Å²) in [5.74, 6) is 0.676. The third kappa shape index (κ3) is 2.42. The zero-order chi connectivity index (χ0) is 14.8. The Morgan fingerprint density at radius 2 is 2.29 bits per heavy atom. The minimum atomic E-state index is -0.576. The van der Waals surface area contributed by atoms with E-state index < -0.39 is 5.91 Å². The van der Waals surface area contributed by atoms with Crippen LogP contribution >= 0.6 is 0 Å². The van der Waals surface area contributed by atoms with E-state index in [0.717, 1.165) is 13.0 Å². The van der Waals surface area contributed by atoms with Crippen LogP contribution in [0.15, 0.2) is 30.9 Å². The van der Waals surface area contributed by atoms with E-state index in [4.69, 9.17) is 5.73 Å². The van der Waals surface area contributed by atoms with E-state index in [2.05, 4.69) is 27.3 Å². The Labute approximate surface area is 120 Å². The van der Waals surface area contributed by atoms with Crippen LogP contribution in [0, 0.1) is 0 Å². The summed E-state index contributed by atoms with van der Waals surface area (Å²) in [5.41, 5.74) is 6.06. The number of aromatic nitrogens is 5. The molecule has 8 heteroatoms. The van der Waals surface area contributed by atoms with E-state index in [1.807, 2.05) is 16.8 Å². The second-order valence-electron chi connectivity index (χ2n) is 4.54. The molecule has 0 unspecified atom stereocenters. The highest BCUT2D eigenvalue weighted by molar-refractivity contribution is 5.90. The summed E-state index contributed by atoms with van der Waals surface area (Å²) >= 11 is 0. The van der Waals surface area contributed by atoms with E-state index >= 15 is 0 Å². The lowest BCUT2D eigenvalue weighted by Gasteiger charge is -2.08. The van der Waals surface area contributed by atoms with E-state index in [0.29, 0.717) is 17.3 Å². The molecule has 0 bridgehead atoms. The number of rotatable bonds is 5. The second kappa shape index (κ2) is 5.23. The second-order valence-corrected chi connectivity index (χ2v) is 4.54. The predicted octanol–water partition coefficient (Wildman–Crippen LogP) is 0.836. The van der Waals surface area contributed by atoms with Crippen LogP contribution in [0.25, 0.3) is 11.5 Å². The van der Waals surface area contributed by atoms with Gasteiger partial charge in [0.15, 0.2) is 11.5 Å². The summed E-state index contributed by atoms with van der Waals surface area (Å²) in [6, 6.07) is 1.55. The molecular weight excluding hydrogens is 270 g/mol. The molecule has 3 aromatic rings. The molecule has 0 spiro atoms. The first kappa shape index (κ1) is 13.1. The van der Waals surface area contributed by atoms with Gasteiger partial charge in [0.25, 0.3) is 5.91 Å². The lowest BCUT2D eigenvalue weighted by molar-refractivity contribution is 0.0995. The maximum Gasteiger partial charge on any atom is 0.269 e. The van der Waals surface area contributed by atoms with E-state index in [9.17, 15) is 4.79 Å². The number of hydrogen-bond acceptors (Lipinski definition) is 5. The molecule has 3 rings (SSSR count). The molecule has 3 aromatic heterocycles. The first-order chi connectivity index (χ1) is 10.2. The van der Waals surface area contributed by atoms with Crippen LogP contribution < -0.4 is 11.1 Å². The minimum absolute atomic E-state index is 0.188. The number of carbonyl (C=O) groups is 1. The van der Waals surface area contributed by atoms with Gasteiger partial charge in [-0.1, -0.05) is 6.92 Å². The fraction of sp³-hybridized carbons (Fsp3) is 0.231. The molecule has 8 nitrogen and oxygen atoms in total. The van der Waals surface area contributed by atoms with Crippen LogP contribution in [0.1, 0.15) is 23.8 Å². The van der Waals surface area contributed by atoms with Crippen molar-refractivity contribution in [3.05, 3.63) is 36.5 Å². The average molecular weight is 285 g/mol. The Bertz CT molecular complexity index is 789. The van der Waals surface area contributed by atoms with E-state index in [-0.39, 0.29) is 5.69 Å². The lowest BCUT2D eigenvalue weighted by atomic mass is 10.4. The Morgan fingerprint density at radius 1 is 1.43 bits per heavy atom. The zero-order valence-electron chi connectivity index (χ0n) is 11.5. The highest BCUT2D eigenvalue weighted by atomic mass is 16.1. The number of nitrogens with one attached hydrogen (secondary N) is 1. The molecule has 0 saturated carbocycles. The maximum absolute atomic E-state index is 11.2. The standard InChI is InChI=1S/C13H15N7O/c1-2-4-15-10-8-19-7-5-16-12(19)13(17-10)20-6-3-9(18-20)11(14)21/h3,5-8,15H,2,4H2,1H3,(H2,14,21). The molecule has 3 N–H and O–H groups in total. The fourth-order valence-corrected chi connectivity index (χ4v) is 1.98. The normalized spacial score (nSPS) is 10.9. The largest absolute Gasteiger partial charge is 0.369 e. The molecule has 0 aromatic carbocycles. The van der Waals surface area contributed by atoms with Crippen LogP contribution in [-0.2, 0) is 0 Å². The smallest absolute Gasteiger partial charge is 0.269 e. The summed E-state index contributed by atoms with van der Waals surface area (Å²) in [7, 11) is 0. The summed E-state index contributed by atoms with van der Waals surface area (Å²) in [4.78, 5) is 19.9. The van der Waals surface area contributed by atoms with Crippen LogP contribution in [0.2, 0.25) is 0 Å². The summed E-state index contributed by atoms with van der Waals surface area (Å²) in [6.07, 6.45) is 8.01. The molecule has 21 heavy (non-hydrogen) atoms. The summed E-state index contributed by atoms with van der Waals surface area (Å²) in [5, 5.41) is 7.35. The van der Waals surface area contributed by atoms with Crippen LogP contribution in [0.4, 0.5) is 5.82 Å². The summed E-state index contributed by atoms with van der Waals surface area (Å²) in [6.45, 7) is 2.90. The fourth-order valence-electron chi connectivity index (χ4n) is 1.98. The average Bonchev–Trinajstić information content (AvgIpc) is 3.12. The number of amides is 1. The van der Waals surface area contributed by atoms with Crippen molar-refractivity contribution in [3.63, 3.8) is 0 Å². The van der Waals surface area contributed by atoms with Gasteiger partial charge >= 0.3 is 0 Å². The van der Waals surface area contributed by atoms with Gasteiger partial charge in [0.05, 0.1) is 6.20 Å². The molecule has 0 saturated heterocycles. The molecule has 0 aliphatic rings. The molecule has 108 valence electrons. The third-order valence-electron chi connectivity index (χ3n) is 2.97. The van der Waals surface area contributed by atoms with Crippen molar-refractivity contribution in [1.82, 2.24) is 24.1 Å². The lowest BCUT2D eigenvalue weighted by Crippen LogP contribution is -2.13. The number of primary amides is 1. The number of fused-ring (bicyclic) bond motifs is 1. The van der Waals surface area contributed by atoms with Gasteiger partial charge in [-0.15, -0.1) is 0 Å². The van der Waals surface area contributed by atoms with Gasteiger partial charge < -0.3 is 15.5 Å². The van der Waals surface area contributed by atoms with Crippen molar-refractivity contribution < 1.29 is 4.79 Å². The van der Waals surface area contributed by atoms with E-state index in [1.54, 1.807) is 18.5 Å². The van der Waals surface area contributed by atoms with Crippen molar-refractivity contribution in [2.45, 2.75) is 13.3 Å². The summed E-state index contributed by atoms with van der Waals surface area (Å²) < 4.78 is 3.35. The van der Waals surface area contributed by atoms with Crippen molar-refractivity contribution >= 4 is 17.4 Å². The first-order valence-corrected chi connectivity index (χ1v) is 6.62. The zero-order valence-corrected chi connectivity index (χ0v) is 11.5. The molecule has 1 amide bonds. The van der Waals surface area contributed by atoms with Gasteiger partial charge in [0, 0.05) is 25.1 Å². The van der Waals surface area contributed by atoms with E-state index in [1.165, 1.54) is 4.68 Å². The van der Waals surface area contributed by atoms with Crippen LogP contribution in [0.5, 0.6) is 0 Å². The van der Waals surface area contributed by atoms with Crippen molar-refractivity contribution in [3.8, 4) is 5.82 Å². The Morgan fingerprint density at radius 3 is 3.00 bits per heavy atom. The van der Waals surface area contributed by atoms with Crippen LogP contribution in [-0.4, -0.2) is 36.6 Å².